The Morgan fingerprint density at radius 3 is 1.11 bits per heavy atom. The third-order valence-corrected chi connectivity index (χ3v) is 28.5. The lowest BCUT2D eigenvalue weighted by Crippen LogP contribution is -2.49. The lowest BCUT2D eigenvalue weighted by atomic mass is 9.63. The summed E-state index contributed by atoms with van der Waals surface area (Å²) in [6.45, 7) is 37.1. The summed E-state index contributed by atoms with van der Waals surface area (Å²) in [6.07, 6.45) is 40.4. The average molecular weight is 1260 g/mol. The minimum Gasteiger partial charge on any atom is -0.459 e. The second-order valence-corrected chi connectivity index (χ2v) is 35.7. The van der Waals surface area contributed by atoms with Gasteiger partial charge in [0, 0.05) is 23.7 Å². The Kier molecular flexibility index (Phi) is 23.9. The summed E-state index contributed by atoms with van der Waals surface area (Å²) in [4.78, 5) is 61.1. The molecule has 0 amide bonds. The van der Waals surface area contributed by atoms with Gasteiger partial charge in [0.2, 0.25) is 0 Å². The fourth-order valence-electron chi connectivity index (χ4n) is 20.9. The molecule has 0 spiro atoms. The minimum absolute atomic E-state index is 0.00345. The molecule has 0 radical (unpaired) electrons. The number of hydrogen-bond donors (Lipinski definition) is 0. The van der Waals surface area contributed by atoms with E-state index in [1.54, 1.807) is 0 Å². The molecule has 6 bridgehead atoms. The number of ether oxygens (including phenoxy) is 5. The van der Waals surface area contributed by atoms with E-state index in [4.69, 9.17) is 23.7 Å². The van der Waals surface area contributed by atoms with Gasteiger partial charge in [-0.3, -0.25) is 24.0 Å². The zero-order chi connectivity index (χ0) is 66.0. The first-order chi connectivity index (χ1) is 42.2. The number of fused-ring (bicyclic) bond motifs is 14. The molecule has 12 fully saturated rings. The SMILES string of the molecule is CCC(C)(C)C(=O)OC1(C)CC2CC1C1CCCC21.CCC(C)(C)C(=O)OC1(C)CC2CCC1C2.CCC(C)(C)C(=O)OC1(C)CCCC2CCCCC21.CCC(C)C(=O)OC1(C)CC2CC1C1CCCC21.CCC(C)C(=O)OC1(C)CCCC2CCCCC21. The van der Waals surface area contributed by atoms with Crippen molar-refractivity contribution in [3.8, 4) is 0 Å². The average Bonchev–Trinajstić information content (AvgIpc) is 1.59. The number of hydrogen-bond acceptors (Lipinski definition) is 10. The zero-order valence-corrected chi connectivity index (χ0v) is 61.2. The summed E-state index contributed by atoms with van der Waals surface area (Å²) in [5, 5.41) is 0. The maximum absolute atomic E-state index is 12.4. The Morgan fingerprint density at radius 1 is 0.367 bits per heavy atom. The van der Waals surface area contributed by atoms with Crippen LogP contribution in [0, 0.1) is 111 Å². The molecule has 12 rings (SSSR count). The quantitative estimate of drug-likeness (QED) is 0.115. The molecule has 21 unspecified atom stereocenters. The first-order valence-electron chi connectivity index (χ1n) is 38.4. The lowest BCUT2D eigenvalue weighted by molar-refractivity contribution is -0.184. The molecule has 516 valence electrons. The van der Waals surface area contributed by atoms with Gasteiger partial charge in [-0.1, -0.05) is 99.8 Å². The molecule has 0 N–H and O–H groups in total. The topological polar surface area (TPSA) is 132 Å². The van der Waals surface area contributed by atoms with Crippen molar-refractivity contribution < 1.29 is 47.7 Å². The Balaban J connectivity index is 0.000000145. The van der Waals surface area contributed by atoms with E-state index in [1.165, 1.54) is 148 Å². The molecule has 12 aliphatic rings. The fraction of sp³-hybridized carbons (Fsp3) is 0.938. The first-order valence-corrected chi connectivity index (χ1v) is 38.4. The Hall–Kier alpha value is -2.65. The largest absolute Gasteiger partial charge is 0.459 e. The van der Waals surface area contributed by atoms with Crippen LogP contribution in [0.2, 0.25) is 0 Å². The molecule has 10 nitrogen and oxygen atoms in total. The maximum atomic E-state index is 12.4. The number of rotatable bonds is 15. The lowest BCUT2D eigenvalue weighted by Gasteiger charge is -2.48. The van der Waals surface area contributed by atoms with E-state index < -0.39 is 0 Å². The van der Waals surface area contributed by atoms with Crippen LogP contribution in [0.25, 0.3) is 0 Å². The van der Waals surface area contributed by atoms with Crippen molar-refractivity contribution in [2.75, 3.05) is 0 Å². The van der Waals surface area contributed by atoms with Crippen LogP contribution in [-0.4, -0.2) is 57.9 Å². The van der Waals surface area contributed by atoms with Gasteiger partial charge in [-0.15, -0.1) is 0 Å². The summed E-state index contributed by atoms with van der Waals surface area (Å²) in [6, 6.07) is 0. The van der Waals surface area contributed by atoms with Crippen LogP contribution >= 0.6 is 0 Å². The molecule has 0 aromatic rings. The second-order valence-electron chi connectivity index (χ2n) is 35.7. The van der Waals surface area contributed by atoms with Gasteiger partial charge >= 0.3 is 29.8 Å². The summed E-state index contributed by atoms with van der Waals surface area (Å²) < 4.78 is 29.9. The molecule has 10 heteroatoms. The number of esters is 5. The molecule has 0 aromatic heterocycles. The highest BCUT2D eigenvalue weighted by atomic mass is 16.6. The van der Waals surface area contributed by atoms with Crippen LogP contribution in [0.1, 0.15) is 337 Å². The standard InChI is InChI=1S/C17H28O2.C17H30O2.C16H26O2.C16H28O2.C14H24O2/c1-5-16(2,3)15(18)19-17(4)10-11-9-14(17)13-8-6-7-12(11)13;1-5-16(2,3)15(18)19-17(4)12-8-10-13-9-6-7-11-14(13)17;1-4-10(2)15(17)18-16(3)9-11-8-14(16)13-7-5-6-12(11)13;1-4-12(2)15(17)18-16(3)11-7-9-13-8-5-6-10-14(13)16;1-5-13(2,3)12(15)16-14(4)9-10-6-7-11(14)8-10/h11-14H,5-10H2,1-4H3;13-14H,5-12H2,1-4H3;10-14H,4-9H2,1-3H3;12-14H,4-11H2,1-3H3;10-11H,5-9H2,1-4H3. The molecular weight excluding hydrogens is 1120 g/mol. The van der Waals surface area contributed by atoms with Crippen LogP contribution in [-0.2, 0) is 47.7 Å². The molecule has 0 heterocycles. The van der Waals surface area contributed by atoms with Crippen LogP contribution in [0.3, 0.4) is 0 Å². The summed E-state index contributed by atoms with van der Waals surface area (Å²) in [5.74, 6) is 11.0. The highest BCUT2D eigenvalue weighted by Crippen LogP contribution is 2.65. The number of carbonyl (C=O) groups is 5. The second kappa shape index (κ2) is 29.4. The molecule has 12 saturated carbocycles. The van der Waals surface area contributed by atoms with Gasteiger partial charge in [0.15, 0.2) is 0 Å². The van der Waals surface area contributed by atoms with E-state index in [9.17, 15) is 24.0 Å². The van der Waals surface area contributed by atoms with Crippen molar-refractivity contribution in [1.82, 2.24) is 0 Å². The molecule has 21 atom stereocenters. The van der Waals surface area contributed by atoms with Gasteiger partial charge in [0.1, 0.15) is 28.0 Å². The number of carbonyl (C=O) groups excluding carboxylic acids is 5. The van der Waals surface area contributed by atoms with Crippen molar-refractivity contribution in [3.05, 3.63) is 0 Å². The zero-order valence-electron chi connectivity index (χ0n) is 61.2. The van der Waals surface area contributed by atoms with Crippen LogP contribution in [0.4, 0.5) is 0 Å². The summed E-state index contributed by atoms with van der Waals surface area (Å²) in [5.41, 5.74) is -1.85. The molecule has 0 saturated heterocycles. The Morgan fingerprint density at radius 2 is 0.722 bits per heavy atom. The predicted octanol–water partition coefficient (Wildman–Crippen LogP) is 20.6. The smallest absolute Gasteiger partial charge is 0.312 e. The highest BCUT2D eigenvalue weighted by molar-refractivity contribution is 5.77. The van der Waals surface area contributed by atoms with Crippen LogP contribution in [0.15, 0.2) is 0 Å². The minimum atomic E-state index is -0.343. The van der Waals surface area contributed by atoms with Gasteiger partial charge in [-0.2, -0.15) is 0 Å². The molecular formula is C80H136O10. The summed E-state index contributed by atoms with van der Waals surface area (Å²) in [7, 11) is 0. The van der Waals surface area contributed by atoms with Crippen molar-refractivity contribution in [2.24, 2.45) is 111 Å². The highest BCUT2D eigenvalue weighted by Gasteiger charge is 2.63. The third-order valence-electron chi connectivity index (χ3n) is 28.5. The van der Waals surface area contributed by atoms with E-state index in [2.05, 4.69) is 62.3 Å². The van der Waals surface area contributed by atoms with Crippen LogP contribution < -0.4 is 0 Å². The monoisotopic (exact) mass is 1260 g/mol. The van der Waals surface area contributed by atoms with E-state index >= 15 is 0 Å². The van der Waals surface area contributed by atoms with E-state index in [0.29, 0.717) is 29.6 Å². The van der Waals surface area contributed by atoms with E-state index in [0.717, 1.165) is 117 Å². The third kappa shape index (κ3) is 15.9. The summed E-state index contributed by atoms with van der Waals surface area (Å²) >= 11 is 0. The van der Waals surface area contributed by atoms with Crippen LogP contribution in [0.5, 0.6) is 0 Å². The predicted molar refractivity (Wildman–Crippen MR) is 362 cm³/mol. The van der Waals surface area contributed by atoms with E-state index in [1.807, 2.05) is 62.3 Å². The van der Waals surface area contributed by atoms with Crippen molar-refractivity contribution in [1.29, 1.82) is 0 Å². The maximum Gasteiger partial charge on any atom is 0.312 e. The van der Waals surface area contributed by atoms with Gasteiger partial charge in [-0.05, 0) is 296 Å². The van der Waals surface area contributed by atoms with Crippen molar-refractivity contribution >= 4 is 29.8 Å². The molecule has 0 aliphatic heterocycles. The fourth-order valence-corrected chi connectivity index (χ4v) is 20.9. The van der Waals surface area contributed by atoms with Gasteiger partial charge in [0.05, 0.1) is 28.1 Å². The normalized spacial score (nSPS) is 40.6. The Labute approximate surface area is 550 Å². The van der Waals surface area contributed by atoms with Gasteiger partial charge in [0.25, 0.3) is 0 Å². The van der Waals surface area contributed by atoms with Crippen molar-refractivity contribution in [2.45, 2.75) is 365 Å². The van der Waals surface area contributed by atoms with Gasteiger partial charge in [-0.25, -0.2) is 0 Å². The molecule has 12 aliphatic carbocycles. The van der Waals surface area contributed by atoms with Crippen molar-refractivity contribution in [3.63, 3.8) is 0 Å². The van der Waals surface area contributed by atoms with E-state index in [-0.39, 0.29) is 85.9 Å². The molecule has 0 aromatic carbocycles. The first kappa shape index (κ1) is 73.2. The Bertz CT molecular complexity index is 2420. The molecule has 90 heavy (non-hydrogen) atoms. The van der Waals surface area contributed by atoms with Gasteiger partial charge < -0.3 is 23.7 Å².